The second-order valence-corrected chi connectivity index (χ2v) is 8.05. The highest BCUT2D eigenvalue weighted by atomic mass is 16.1. The third-order valence-corrected chi connectivity index (χ3v) is 6.04. The van der Waals surface area contributed by atoms with Gasteiger partial charge < -0.3 is 4.57 Å². The molecule has 0 spiro atoms. The standard InChI is InChI=1S/C19H26N6O/c26-19-9-15-5-1-2-6-16(15)22-25(19)12-14-10-23(11-14)13-18-21-20-17-7-3-4-8-24(17)18/h9,14H,1-8,10-13H2. The Labute approximate surface area is 153 Å². The van der Waals surface area contributed by atoms with Crippen LogP contribution in [-0.4, -0.2) is 42.5 Å². The van der Waals surface area contributed by atoms with Gasteiger partial charge in [-0.2, -0.15) is 5.10 Å². The fourth-order valence-corrected chi connectivity index (χ4v) is 4.58. The Balaban J connectivity index is 1.20. The molecule has 0 unspecified atom stereocenters. The van der Waals surface area contributed by atoms with E-state index in [0.717, 1.165) is 69.3 Å². The quantitative estimate of drug-likeness (QED) is 0.825. The topological polar surface area (TPSA) is 68.8 Å². The molecule has 4 heterocycles. The van der Waals surface area contributed by atoms with Crippen molar-refractivity contribution in [2.24, 2.45) is 5.92 Å². The summed E-state index contributed by atoms with van der Waals surface area (Å²) in [4.78, 5) is 14.7. The Bertz CT molecular complexity index is 863. The van der Waals surface area contributed by atoms with Crippen LogP contribution in [0.25, 0.3) is 0 Å². The van der Waals surface area contributed by atoms with Gasteiger partial charge >= 0.3 is 0 Å². The predicted octanol–water partition coefficient (Wildman–Crippen LogP) is 1.18. The van der Waals surface area contributed by atoms with E-state index in [2.05, 4.69) is 24.8 Å². The van der Waals surface area contributed by atoms with Crippen molar-refractivity contribution in [2.75, 3.05) is 13.1 Å². The summed E-state index contributed by atoms with van der Waals surface area (Å²) < 4.78 is 4.00. The van der Waals surface area contributed by atoms with Crippen LogP contribution in [0.15, 0.2) is 10.9 Å². The lowest BCUT2D eigenvalue weighted by molar-refractivity contribution is 0.0723. The van der Waals surface area contributed by atoms with Gasteiger partial charge in [0.25, 0.3) is 5.56 Å². The summed E-state index contributed by atoms with van der Waals surface area (Å²) in [6, 6.07) is 1.82. The van der Waals surface area contributed by atoms with Gasteiger partial charge in [-0.25, -0.2) is 4.68 Å². The molecule has 2 aromatic heterocycles. The van der Waals surface area contributed by atoms with Crippen LogP contribution < -0.4 is 5.56 Å². The third-order valence-electron chi connectivity index (χ3n) is 6.04. The number of aryl methyl sites for hydroxylation is 3. The van der Waals surface area contributed by atoms with Crippen LogP contribution in [0, 0.1) is 5.92 Å². The molecule has 2 aromatic rings. The fourth-order valence-electron chi connectivity index (χ4n) is 4.58. The van der Waals surface area contributed by atoms with E-state index < -0.39 is 0 Å². The number of nitrogens with zero attached hydrogens (tertiary/aromatic N) is 6. The molecule has 7 heteroatoms. The van der Waals surface area contributed by atoms with E-state index in [-0.39, 0.29) is 5.56 Å². The van der Waals surface area contributed by atoms with E-state index in [9.17, 15) is 4.79 Å². The molecule has 0 atom stereocenters. The molecule has 2 aliphatic heterocycles. The first-order valence-electron chi connectivity index (χ1n) is 9.99. The summed E-state index contributed by atoms with van der Waals surface area (Å²) in [5.41, 5.74) is 2.38. The maximum Gasteiger partial charge on any atom is 0.267 e. The zero-order valence-corrected chi connectivity index (χ0v) is 15.2. The van der Waals surface area contributed by atoms with E-state index in [1.165, 1.54) is 31.2 Å². The van der Waals surface area contributed by atoms with E-state index >= 15 is 0 Å². The van der Waals surface area contributed by atoms with Crippen LogP contribution in [0.1, 0.15) is 48.6 Å². The van der Waals surface area contributed by atoms with Crippen molar-refractivity contribution in [2.45, 2.75) is 64.6 Å². The lowest BCUT2D eigenvalue weighted by Gasteiger charge is -2.39. The third kappa shape index (κ3) is 2.98. The first kappa shape index (κ1) is 16.2. The molecule has 1 fully saturated rings. The van der Waals surface area contributed by atoms with Crippen LogP contribution in [0.3, 0.4) is 0 Å². The van der Waals surface area contributed by atoms with E-state index in [4.69, 9.17) is 0 Å². The van der Waals surface area contributed by atoms with Gasteiger partial charge in [-0.05, 0) is 44.1 Å². The minimum atomic E-state index is 0.0654. The summed E-state index contributed by atoms with van der Waals surface area (Å²) in [7, 11) is 0. The molecule has 0 N–H and O–H groups in total. The number of fused-ring (bicyclic) bond motifs is 2. The zero-order chi connectivity index (χ0) is 17.5. The van der Waals surface area contributed by atoms with Crippen LogP contribution >= 0.6 is 0 Å². The maximum absolute atomic E-state index is 12.3. The normalized spacial score (nSPS) is 20.5. The van der Waals surface area contributed by atoms with Gasteiger partial charge in [0.1, 0.15) is 11.6 Å². The molecule has 1 saturated heterocycles. The van der Waals surface area contributed by atoms with E-state index in [0.29, 0.717) is 5.92 Å². The largest absolute Gasteiger partial charge is 0.314 e. The lowest BCUT2D eigenvalue weighted by atomic mass is 9.96. The number of aromatic nitrogens is 5. The molecule has 7 nitrogen and oxygen atoms in total. The van der Waals surface area contributed by atoms with Gasteiger partial charge in [0, 0.05) is 38.0 Å². The molecule has 1 aliphatic carbocycles. The molecular weight excluding hydrogens is 328 g/mol. The van der Waals surface area contributed by atoms with Crippen molar-refractivity contribution < 1.29 is 0 Å². The van der Waals surface area contributed by atoms with Crippen LogP contribution in [0.4, 0.5) is 0 Å². The molecule has 0 bridgehead atoms. The van der Waals surface area contributed by atoms with Crippen molar-refractivity contribution in [1.82, 2.24) is 29.4 Å². The Kier molecular flexibility index (Phi) is 4.11. The average molecular weight is 354 g/mol. The highest BCUT2D eigenvalue weighted by Crippen LogP contribution is 2.22. The number of hydrogen-bond donors (Lipinski definition) is 0. The highest BCUT2D eigenvalue weighted by molar-refractivity contribution is 5.20. The average Bonchev–Trinajstić information content (AvgIpc) is 3.03. The van der Waals surface area contributed by atoms with Gasteiger partial charge in [0.2, 0.25) is 0 Å². The molecule has 5 rings (SSSR count). The van der Waals surface area contributed by atoms with Crippen molar-refractivity contribution in [3.05, 3.63) is 39.3 Å². The molecule has 138 valence electrons. The summed E-state index contributed by atoms with van der Waals surface area (Å²) in [5, 5.41) is 13.4. The minimum absolute atomic E-state index is 0.0654. The number of hydrogen-bond acceptors (Lipinski definition) is 5. The molecule has 26 heavy (non-hydrogen) atoms. The first-order valence-corrected chi connectivity index (χ1v) is 9.99. The van der Waals surface area contributed by atoms with Crippen LogP contribution in [0.5, 0.6) is 0 Å². The zero-order valence-electron chi connectivity index (χ0n) is 15.2. The smallest absolute Gasteiger partial charge is 0.267 e. The van der Waals surface area contributed by atoms with E-state index in [1.54, 1.807) is 4.68 Å². The van der Waals surface area contributed by atoms with Crippen molar-refractivity contribution in [3.8, 4) is 0 Å². The van der Waals surface area contributed by atoms with Crippen molar-refractivity contribution >= 4 is 0 Å². The van der Waals surface area contributed by atoms with Gasteiger partial charge in [-0.15, -0.1) is 10.2 Å². The van der Waals surface area contributed by atoms with Crippen LogP contribution in [0.2, 0.25) is 0 Å². The monoisotopic (exact) mass is 354 g/mol. The van der Waals surface area contributed by atoms with Crippen LogP contribution in [-0.2, 0) is 38.9 Å². The summed E-state index contributed by atoms with van der Waals surface area (Å²) in [5.74, 6) is 2.75. The SMILES string of the molecule is O=c1cc2c(nn1CC1CN(Cc3nnc4n3CCCC4)C1)CCCC2. The predicted molar refractivity (Wildman–Crippen MR) is 96.9 cm³/mol. The molecule has 0 saturated carbocycles. The lowest BCUT2D eigenvalue weighted by Crippen LogP contribution is -2.49. The Hall–Kier alpha value is -2.02. The molecule has 3 aliphatic rings. The molecular formula is C19H26N6O. The summed E-state index contributed by atoms with van der Waals surface area (Å²) >= 11 is 0. The Morgan fingerprint density at radius 2 is 1.88 bits per heavy atom. The number of rotatable bonds is 4. The highest BCUT2D eigenvalue weighted by Gasteiger charge is 2.29. The Morgan fingerprint density at radius 1 is 1.04 bits per heavy atom. The summed E-state index contributed by atoms with van der Waals surface area (Å²) in [6.45, 7) is 4.68. The second kappa shape index (κ2) is 6.61. The first-order chi connectivity index (χ1) is 12.8. The molecule has 0 amide bonds. The maximum atomic E-state index is 12.3. The van der Waals surface area contributed by atoms with Crippen molar-refractivity contribution in [3.63, 3.8) is 0 Å². The second-order valence-electron chi connectivity index (χ2n) is 8.05. The van der Waals surface area contributed by atoms with E-state index in [1.807, 2.05) is 6.07 Å². The van der Waals surface area contributed by atoms with Crippen molar-refractivity contribution in [1.29, 1.82) is 0 Å². The number of likely N-dealkylation sites (tertiary alicyclic amines) is 1. The van der Waals surface area contributed by atoms with Gasteiger partial charge in [-0.3, -0.25) is 9.69 Å². The fraction of sp³-hybridized carbons (Fsp3) is 0.684. The molecule has 0 aromatic carbocycles. The Morgan fingerprint density at radius 3 is 2.81 bits per heavy atom. The molecule has 0 radical (unpaired) electrons. The minimum Gasteiger partial charge on any atom is -0.314 e. The summed E-state index contributed by atoms with van der Waals surface area (Å²) in [6.07, 6.45) is 7.92. The van der Waals surface area contributed by atoms with Gasteiger partial charge in [0.05, 0.1) is 18.8 Å². The van der Waals surface area contributed by atoms with Gasteiger partial charge in [-0.1, -0.05) is 0 Å². The van der Waals surface area contributed by atoms with Gasteiger partial charge in [0.15, 0.2) is 0 Å².